The van der Waals surface area contributed by atoms with Gasteiger partial charge in [-0.15, -0.1) is 0 Å². The van der Waals surface area contributed by atoms with Gasteiger partial charge in [-0.2, -0.15) is 0 Å². The first-order chi connectivity index (χ1) is 10.2. The molecule has 22 heavy (non-hydrogen) atoms. The Morgan fingerprint density at radius 3 is 1.91 bits per heavy atom. The van der Waals surface area contributed by atoms with Gasteiger partial charge < -0.3 is 0 Å². The summed E-state index contributed by atoms with van der Waals surface area (Å²) in [6.07, 6.45) is 0.810. The Hall–Kier alpha value is -0.650. The van der Waals surface area contributed by atoms with Gasteiger partial charge in [0.25, 0.3) is 0 Å². The third-order valence-corrected chi connectivity index (χ3v) is 8.06. The van der Waals surface area contributed by atoms with Crippen LogP contribution in [0.2, 0.25) is 0 Å². The minimum atomic E-state index is -3.36. The molecule has 0 heterocycles. The molecule has 0 aliphatic heterocycles. The summed E-state index contributed by atoms with van der Waals surface area (Å²) >= 11 is 6.12. The number of rotatable bonds is 4. The smallest absolute Gasteiger partial charge is 0.201 e. The molecule has 2 aromatic carbocycles. The largest absolute Gasteiger partial charge is 0.222 e. The van der Waals surface area contributed by atoms with Crippen molar-refractivity contribution in [3.05, 3.63) is 64.2 Å². The van der Waals surface area contributed by atoms with Gasteiger partial charge in [-0.1, -0.05) is 61.7 Å². The van der Waals surface area contributed by atoms with E-state index in [9.17, 15) is 8.42 Å². The van der Waals surface area contributed by atoms with Crippen LogP contribution in [-0.2, 0) is 16.3 Å². The van der Waals surface area contributed by atoms with Gasteiger partial charge in [0.2, 0.25) is 9.84 Å². The van der Waals surface area contributed by atoms with Crippen LogP contribution in [0.1, 0.15) is 27.8 Å². The predicted molar refractivity (Wildman–Crippen MR) is 98.7 cm³/mol. The zero-order valence-electron chi connectivity index (χ0n) is 12.7. The lowest BCUT2D eigenvalue weighted by Crippen LogP contribution is -2.08. The third-order valence-electron chi connectivity index (χ3n) is 3.71. The highest BCUT2D eigenvalue weighted by Gasteiger charge is 2.21. The maximum Gasteiger partial charge on any atom is 0.201 e. The number of hydrogen-bond donors (Lipinski definition) is 0. The summed E-state index contributed by atoms with van der Waals surface area (Å²) in [4.78, 5) is 0.312. The molecule has 2 aromatic rings. The van der Waals surface area contributed by atoms with Gasteiger partial charge in [0.15, 0.2) is 3.07 Å². The molecule has 118 valence electrons. The van der Waals surface area contributed by atoms with Crippen LogP contribution >= 0.6 is 31.9 Å². The van der Waals surface area contributed by atoms with Crippen LogP contribution in [0.3, 0.4) is 0 Å². The van der Waals surface area contributed by atoms with E-state index in [2.05, 4.69) is 64.8 Å². The highest BCUT2D eigenvalue weighted by Crippen LogP contribution is 2.26. The average Bonchev–Trinajstić information content (AvgIpc) is 2.43. The molecule has 0 saturated heterocycles. The molecule has 0 aliphatic rings. The van der Waals surface area contributed by atoms with Gasteiger partial charge in [0.05, 0.1) is 4.90 Å². The first kappa shape index (κ1) is 17.7. The average molecular weight is 446 g/mol. The lowest BCUT2D eigenvalue weighted by atomic mass is 9.94. The summed E-state index contributed by atoms with van der Waals surface area (Å²) in [5, 5.41) is 0. The van der Waals surface area contributed by atoms with Gasteiger partial charge >= 0.3 is 0 Å². The Morgan fingerprint density at radius 2 is 1.45 bits per heavy atom. The topological polar surface area (TPSA) is 34.1 Å². The van der Waals surface area contributed by atoms with E-state index in [1.807, 2.05) is 12.1 Å². The number of sulfone groups is 1. The Balaban J connectivity index is 2.30. The van der Waals surface area contributed by atoms with Gasteiger partial charge in [0, 0.05) is 0 Å². The molecule has 0 saturated carbocycles. The number of benzene rings is 2. The summed E-state index contributed by atoms with van der Waals surface area (Å²) in [5.41, 5.74) is 6.22. The molecule has 2 rings (SSSR count). The maximum absolute atomic E-state index is 12.1. The molecular weight excluding hydrogens is 428 g/mol. The lowest BCUT2D eigenvalue weighted by molar-refractivity contribution is 0.600. The number of aryl methyl sites for hydroxylation is 3. The third kappa shape index (κ3) is 3.81. The summed E-state index contributed by atoms with van der Waals surface area (Å²) < 4.78 is 23.3. The van der Waals surface area contributed by atoms with Gasteiger partial charge in [0.1, 0.15) is 0 Å². The van der Waals surface area contributed by atoms with Gasteiger partial charge in [-0.25, -0.2) is 8.42 Å². The number of alkyl halides is 2. The van der Waals surface area contributed by atoms with E-state index < -0.39 is 12.9 Å². The molecule has 2 nitrogen and oxygen atoms in total. The molecule has 0 bridgehead atoms. The van der Waals surface area contributed by atoms with Crippen molar-refractivity contribution in [3.63, 3.8) is 0 Å². The fourth-order valence-corrected chi connectivity index (χ4v) is 4.61. The molecule has 0 radical (unpaired) electrons. The monoisotopic (exact) mass is 444 g/mol. The van der Waals surface area contributed by atoms with Crippen molar-refractivity contribution in [2.24, 2.45) is 0 Å². The predicted octanol–water partition coefficient (Wildman–Crippen LogP) is 5.05. The quantitative estimate of drug-likeness (QED) is 0.617. The fourth-order valence-electron chi connectivity index (χ4n) is 2.59. The Kier molecular flexibility index (Phi) is 5.51. The summed E-state index contributed by atoms with van der Waals surface area (Å²) in [6.45, 7) is 6.34. The molecule has 0 atom stereocenters. The van der Waals surface area contributed by atoms with Crippen molar-refractivity contribution < 1.29 is 8.42 Å². The van der Waals surface area contributed by atoms with Gasteiger partial charge in [-0.3, -0.25) is 0 Å². The second kappa shape index (κ2) is 6.85. The van der Waals surface area contributed by atoms with Gasteiger partial charge in [-0.05, 0) is 61.6 Å². The lowest BCUT2D eigenvalue weighted by Gasteiger charge is -2.12. The van der Waals surface area contributed by atoms with E-state index in [4.69, 9.17) is 0 Å². The minimum absolute atomic E-state index is 0.312. The van der Waals surface area contributed by atoms with Crippen molar-refractivity contribution >= 4 is 41.7 Å². The summed E-state index contributed by atoms with van der Waals surface area (Å²) in [6, 6.07) is 11.5. The van der Waals surface area contributed by atoms with Crippen LogP contribution in [0.4, 0.5) is 0 Å². The molecule has 0 N–H and O–H groups in total. The van der Waals surface area contributed by atoms with Crippen molar-refractivity contribution in [1.29, 1.82) is 0 Å². The highest BCUT2D eigenvalue weighted by molar-refractivity contribution is 9.27. The van der Waals surface area contributed by atoms with Crippen molar-refractivity contribution in [2.75, 3.05) is 0 Å². The van der Waals surface area contributed by atoms with E-state index in [-0.39, 0.29) is 0 Å². The molecule has 0 spiro atoms. The fraction of sp³-hybridized carbons (Fsp3) is 0.294. The van der Waals surface area contributed by atoms with Crippen LogP contribution in [0.25, 0.3) is 0 Å². The van der Waals surface area contributed by atoms with E-state index in [1.54, 1.807) is 12.1 Å². The second-order valence-corrected chi connectivity index (χ2v) is 11.8. The first-order valence-electron chi connectivity index (χ1n) is 6.89. The second-order valence-electron chi connectivity index (χ2n) is 5.50. The molecule has 5 heteroatoms. The molecule has 0 fully saturated rings. The highest BCUT2D eigenvalue weighted by atomic mass is 79.9. The molecule has 0 aromatic heterocycles. The Morgan fingerprint density at radius 1 is 0.955 bits per heavy atom. The van der Waals surface area contributed by atoms with Crippen LogP contribution in [0.5, 0.6) is 0 Å². The molecule has 0 unspecified atom stereocenters. The van der Waals surface area contributed by atoms with E-state index in [0.29, 0.717) is 4.90 Å². The van der Waals surface area contributed by atoms with Crippen molar-refractivity contribution in [3.8, 4) is 0 Å². The van der Waals surface area contributed by atoms with E-state index >= 15 is 0 Å². The van der Waals surface area contributed by atoms with Crippen molar-refractivity contribution in [1.82, 2.24) is 0 Å². The normalized spacial score (nSPS) is 11.9. The Bertz CT molecular complexity index is 756. The van der Waals surface area contributed by atoms with Crippen molar-refractivity contribution in [2.45, 2.75) is 35.2 Å². The zero-order valence-corrected chi connectivity index (χ0v) is 16.7. The maximum atomic E-state index is 12.1. The molecular formula is C17H18Br2O2S. The van der Waals surface area contributed by atoms with Crippen LogP contribution in [0.15, 0.2) is 41.3 Å². The zero-order chi connectivity index (χ0) is 16.5. The van der Waals surface area contributed by atoms with Crippen LogP contribution in [0, 0.1) is 20.8 Å². The summed E-state index contributed by atoms with van der Waals surface area (Å²) in [7, 11) is -3.36. The molecule has 0 amide bonds. The van der Waals surface area contributed by atoms with E-state index in [0.717, 1.165) is 12.0 Å². The summed E-state index contributed by atoms with van der Waals surface area (Å²) in [5.74, 6) is 0. The standard InChI is InChI=1S/C17H18Br2O2S/c1-11-8-12(2)16(13(3)9-11)10-14-4-6-15(7-5-14)22(20,21)17(18)19/h4-9,17H,10H2,1-3H3. The molecule has 0 aliphatic carbocycles. The first-order valence-corrected chi connectivity index (χ1v) is 10.3. The minimum Gasteiger partial charge on any atom is -0.222 e. The SMILES string of the molecule is Cc1cc(C)c(Cc2ccc(S(=O)(=O)C(Br)Br)cc2)c(C)c1. The van der Waals surface area contributed by atoms with Crippen LogP contribution < -0.4 is 0 Å². The number of hydrogen-bond acceptors (Lipinski definition) is 2. The Labute approximate surface area is 149 Å². The number of halogens is 2. The van der Waals surface area contributed by atoms with E-state index in [1.165, 1.54) is 22.3 Å². The van der Waals surface area contributed by atoms with Crippen LogP contribution in [-0.4, -0.2) is 11.5 Å².